The molecule has 0 unspecified atom stereocenters. The molecule has 0 aliphatic rings. The van der Waals surface area contributed by atoms with Crippen LogP contribution in [-0.4, -0.2) is 16.0 Å². The van der Waals surface area contributed by atoms with E-state index in [0.717, 1.165) is 10.9 Å². The fourth-order valence-corrected chi connectivity index (χ4v) is 1.83. The molecule has 0 saturated heterocycles. The van der Waals surface area contributed by atoms with E-state index in [1.165, 1.54) is 0 Å². The van der Waals surface area contributed by atoms with E-state index in [-0.39, 0.29) is 5.78 Å². The zero-order valence-electron chi connectivity index (χ0n) is 9.58. The zero-order chi connectivity index (χ0) is 12.4. The Labute approximate surface area is 104 Å². The Morgan fingerprint density at radius 2 is 1.56 bits per heavy atom. The second kappa shape index (κ2) is 4.37. The van der Waals surface area contributed by atoms with Crippen LogP contribution in [0.2, 0.25) is 0 Å². The Morgan fingerprint density at radius 1 is 0.833 bits per heavy atom. The molecular formula is C15H10N2O. The predicted molar refractivity (Wildman–Crippen MR) is 69.4 cm³/mol. The molecule has 86 valence electrons. The van der Waals surface area contributed by atoms with Crippen LogP contribution in [0.4, 0.5) is 0 Å². The van der Waals surface area contributed by atoms with E-state index in [4.69, 9.17) is 0 Å². The molecule has 3 rings (SSSR count). The van der Waals surface area contributed by atoms with Gasteiger partial charge in [0.25, 0.3) is 0 Å². The number of aromatic nitrogens is 2. The maximum atomic E-state index is 12.2. The maximum Gasteiger partial charge on any atom is 0.213 e. The van der Waals surface area contributed by atoms with E-state index in [1.54, 1.807) is 18.2 Å². The number of hydrogen-bond donors (Lipinski definition) is 0. The van der Waals surface area contributed by atoms with Crippen LogP contribution in [0.1, 0.15) is 16.1 Å². The summed E-state index contributed by atoms with van der Waals surface area (Å²) in [4.78, 5) is 12.2. The Morgan fingerprint density at radius 3 is 2.39 bits per heavy atom. The molecule has 0 aliphatic carbocycles. The lowest BCUT2D eigenvalue weighted by Crippen LogP contribution is -2.05. The molecule has 2 aromatic carbocycles. The van der Waals surface area contributed by atoms with Gasteiger partial charge in [-0.2, -0.15) is 0 Å². The van der Waals surface area contributed by atoms with Gasteiger partial charge in [-0.25, -0.2) is 0 Å². The van der Waals surface area contributed by atoms with Gasteiger partial charge in [0.2, 0.25) is 5.78 Å². The predicted octanol–water partition coefficient (Wildman–Crippen LogP) is 2.86. The van der Waals surface area contributed by atoms with Crippen molar-refractivity contribution in [1.29, 1.82) is 0 Å². The smallest absolute Gasteiger partial charge is 0.213 e. The fraction of sp³-hybridized carbons (Fsp3) is 0. The molecule has 0 spiro atoms. The van der Waals surface area contributed by atoms with Crippen LogP contribution in [0, 0.1) is 0 Å². The Kier molecular flexibility index (Phi) is 2.57. The first-order valence-electron chi connectivity index (χ1n) is 5.67. The van der Waals surface area contributed by atoms with E-state index in [2.05, 4.69) is 10.2 Å². The van der Waals surface area contributed by atoms with Gasteiger partial charge in [0.15, 0.2) is 0 Å². The summed E-state index contributed by atoms with van der Waals surface area (Å²) in [6.45, 7) is 0. The SMILES string of the molecule is O=C(c1ccccc1)c1cc2ccccc2nn1. The van der Waals surface area contributed by atoms with Crippen LogP contribution >= 0.6 is 0 Å². The van der Waals surface area contributed by atoms with E-state index in [9.17, 15) is 4.79 Å². The number of benzene rings is 2. The lowest BCUT2D eigenvalue weighted by molar-refractivity contribution is 0.103. The summed E-state index contributed by atoms with van der Waals surface area (Å²) in [5, 5.41) is 8.96. The molecule has 3 heteroatoms. The molecule has 0 atom stereocenters. The van der Waals surface area contributed by atoms with E-state index in [0.29, 0.717) is 11.3 Å². The number of ketones is 1. The minimum Gasteiger partial charge on any atom is -0.287 e. The molecule has 0 saturated carbocycles. The standard InChI is InChI=1S/C15H10N2O/c18-15(11-6-2-1-3-7-11)14-10-12-8-4-5-9-13(12)16-17-14/h1-10H. The average Bonchev–Trinajstić information content (AvgIpc) is 2.47. The Balaban J connectivity index is 2.07. The summed E-state index contributed by atoms with van der Waals surface area (Å²) in [6, 6.07) is 18.5. The molecular weight excluding hydrogens is 224 g/mol. The number of fused-ring (bicyclic) bond motifs is 1. The van der Waals surface area contributed by atoms with Crippen molar-refractivity contribution in [2.75, 3.05) is 0 Å². The van der Waals surface area contributed by atoms with Gasteiger partial charge in [-0.05, 0) is 12.1 Å². The first-order chi connectivity index (χ1) is 8.84. The van der Waals surface area contributed by atoms with Gasteiger partial charge in [0, 0.05) is 10.9 Å². The van der Waals surface area contributed by atoms with Crippen LogP contribution in [0.25, 0.3) is 10.9 Å². The van der Waals surface area contributed by atoms with Gasteiger partial charge < -0.3 is 0 Å². The van der Waals surface area contributed by atoms with Crippen molar-refractivity contribution in [3.8, 4) is 0 Å². The third kappa shape index (κ3) is 1.86. The fourth-order valence-electron chi connectivity index (χ4n) is 1.83. The van der Waals surface area contributed by atoms with Gasteiger partial charge in [0.05, 0.1) is 5.52 Å². The molecule has 18 heavy (non-hydrogen) atoms. The topological polar surface area (TPSA) is 42.9 Å². The van der Waals surface area contributed by atoms with Crippen LogP contribution in [-0.2, 0) is 0 Å². The molecule has 1 aromatic heterocycles. The monoisotopic (exact) mass is 234 g/mol. The van der Waals surface area contributed by atoms with Gasteiger partial charge in [-0.15, -0.1) is 10.2 Å². The largest absolute Gasteiger partial charge is 0.287 e. The van der Waals surface area contributed by atoms with Gasteiger partial charge in [-0.1, -0.05) is 48.5 Å². The van der Waals surface area contributed by atoms with Crippen LogP contribution in [0.5, 0.6) is 0 Å². The van der Waals surface area contributed by atoms with Crippen molar-refractivity contribution < 1.29 is 4.79 Å². The zero-order valence-corrected chi connectivity index (χ0v) is 9.58. The second-order valence-electron chi connectivity index (χ2n) is 3.98. The highest BCUT2D eigenvalue weighted by molar-refractivity contribution is 6.08. The quantitative estimate of drug-likeness (QED) is 0.640. The summed E-state index contributed by atoms with van der Waals surface area (Å²) in [7, 11) is 0. The van der Waals surface area contributed by atoms with Crippen LogP contribution < -0.4 is 0 Å². The normalized spacial score (nSPS) is 10.4. The van der Waals surface area contributed by atoms with E-state index >= 15 is 0 Å². The van der Waals surface area contributed by atoms with Gasteiger partial charge >= 0.3 is 0 Å². The molecule has 0 N–H and O–H groups in total. The highest BCUT2D eigenvalue weighted by Crippen LogP contribution is 2.13. The lowest BCUT2D eigenvalue weighted by Gasteiger charge is -2.01. The highest BCUT2D eigenvalue weighted by Gasteiger charge is 2.11. The first kappa shape index (κ1) is 10.6. The summed E-state index contributed by atoms with van der Waals surface area (Å²) >= 11 is 0. The number of carbonyl (C=O) groups excluding carboxylic acids is 1. The number of nitrogens with zero attached hydrogens (tertiary/aromatic N) is 2. The minimum absolute atomic E-state index is 0.103. The van der Waals surface area contributed by atoms with Crippen LogP contribution in [0.15, 0.2) is 60.7 Å². The molecule has 0 amide bonds. The average molecular weight is 234 g/mol. The summed E-state index contributed by atoms with van der Waals surface area (Å²) in [6.07, 6.45) is 0. The van der Waals surface area contributed by atoms with Crippen LogP contribution in [0.3, 0.4) is 0 Å². The molecule has 0 radical (unpaired) electrons. The molecule has 1 heterocycles. The van der Waals surface area contributed by atoms with Gasteiger partial charge in [0.1, 0.15) is 5.69 Å². The molecule has 3 nitrogen and oxygen atoms in total. The number of hydrogen-bond acceptors (Lipinski definition) is 3. The van der Waals surface area contributed by atoms with E-state index in [1.807, 2.05) is 42.5 Å². The lowest BCUT2D eigenvalue weighted by atomic mass is 10.1. The highest BCUT2D eigenvalue weighted by atomic mass is 16.1. The third-order valence-electron chi connectivity index (χ3n) is 2.76. The van der Waals surface area contributed by atoms with Crippen molar-refractivity contribution in [2.24, 2.45) is 0 Å². The molecule has 0 aliphatic heterocycles. The summed E-state index contributed by atoms with van der Waals surface area (Å²) in [5.74, 6) is -0.103. The summed E-state index contributed by atoms with van der Waals surface area (Å²) in [5.41, 5.74) is 1.80. The Bertz CT molecular complexity index is 708. The Hall–Kier alpha value is -2.55. The van der Waals surface area contributed by atoms with Crippen molar-refractivity contribution in [3.05, 3.63) is 71.9 Å². The summed E-state index contributed by atoms with van der Waals surface area (Å²) < 4.78 is 0. The van der Waals surface area contributed by atoms with E-state index < -0.39 is 0 Å². The maximum absolute atomic E-state index is 12.2. The first-order valence-corrected chi connectivity index (χ1v) is 5.67. The molecule has 0 bridgehead atoms. The van der Waals surface area contributed by atoms with Crippen molar-refractivity contribution in [2.45, 2.75) is 0 Å². The number of rotatable bonds is 2. The van der Waals surface area contributed by atoms with Crippen molar-refractivity contribution in [3.63, 3.8) is 0 Å². The van der Waals surface area contributed by atoms with Crippen molar-refractivity contribution >= 4 is 16.7 Å². The molecule has 3 aromatic rings. The second-order valence-corrected chi connectivity index (χ2v) is 3.98. The van der Waals surface area contributed by atoms with Crippen molar-refractivity contribution in [1.82, 2.24) is 10.2 Å². The third-order valence-corrected chi connectivity index (χ3v) is 2.76. The van der Waals surface area contributed by atoms with Gasteiger partial charge in [-0.3, -0.25) is 4.79 Å². The molecule has 0 fully saturated rings. The minimum atomic E-state index is -0.103. The number of carbonyl (C=O) groups is 1.